The normalized spacial score (nSPS) is 11.8. The maximum Gasteiger partial charge on any atom is 0.407 e. The molecular formula is C26H36N4O8S. The maximum atomic E-state index is 12.9. The number of aryl methyl sites for hydroxylation is 2. The molecule has 2 rings (SSSR count). The summed E-state index contributed by atoms with van der Waals surface area (Å²) < 4.78 is 43.4. The van der Waals surface area contributed by atoms with Crippen LogP contribution >= 0.6 is 0 Å². The molecule has 0 radical (unpaired) electrons. The lowest BCUT2D eigenvalue weighted by Gasteiger charge is -2.18. The summed E-state index contributed by atoms with van der Waals surface area (Å²) in [6.07, 6.45) is 0.0697. The standard InChI is InChI=1S/C26H36N4O8S/c1-18-14-21(15-19(2)24(18)39(34,35)30-22(16-27)25(32)36-3)37-13-7-10-23(31)28-11-12-29-26(33)38-17-20-8-5-4-6-9-20/h4-6,8-9,14-15,22,30H,7,10-13,16-17,27H2,1-3H3,(H,28,31)(H,29,33). The Balaban J connectivity index is 1.72. The van der Waals surface area contributed by atoms with E-state index in [-0.39, 0.29) is 50.1 Å². The van der Waals surface area contributed by atoms with Gasteiger partial charge in [0.2, 0.25) is 15.9 Å². The van der Waals surface area contributed by atoms with Gasteiger partial charge in [-0.05, 0) is 49.1 Å². The van der Waals surface area contributed by atoms with Gasteiger partial charge in [0.05, 0.1) is 18.6 Å². The van der Waals surface area contributed by atoms with Gasteiger partial charge in [0.15, 0.2) is 0 Å². The summed E-state index contributed by atoms with van der Waals surface area (Å²) in [6.45, 7) is 3.85. The maximum absolute atomic E-state index is 12.9. The number of methoxy groups -OCH3 is 1. The molecular weight excluding hydrogens is 528 g/mol. The minimum Gasteiger partial charge on any atom is -0.494 e. The number of rotatable bonds is 15. The molecule has 12 nitrogen and oxygen atoms in total. The second-order valence-corrected chi connectivity index (χ2v) is 10.3. The van der Waals surface area contributed by atoms with Crippen molar-refractivity contribution in [3.63, 3.8) is 0 Å². The topological polar surface area (TPSA) is 175 Å². The molecule has 0 aromatic heterocycles. The van der Waals surface area contributed by atoms with E-state index in [9.17, 15) is 22.8 Å². The Hall–Kier alpha value is -3.68. The van der Waals surface area contributed by atoms with Gasteiger partial charge in [0, 0.05) is 26.1 Å². The van der Waals surface area contributed by atoms with Gasteiger partial charge in [-0.1, -0.05) is 30.3 Å². The van der Waals surface area contributed by atoms with Gasteiger partial charge in [0.25, 0.3) is 0 Å². The number of amides is 2. The molecule has 0 fully saturated rings. The number of alkyl carbamates (subject to hydrolysis) is 1. The fraction of sp³-hybridized carbons (Fsp3) is 0.423. The van der Waals surface area contributed by atoms with Crippen molar-refractivity contribution in [2.75, 3.05) is 33.4 Å². The lowest BCUT2D eigenvalue weighted by molar-refractivity contribution is -0.142. The van der Waals surface area contributed by atoms with Crippen molar-refractivity contribution in [2.24, 2.45) is 5.73 Å². The van der Waals surface area contributed by atoms with E-state index in [0.29, 0.717) is 23.3 Å². The zero-order valence-corrected chi connectivity index (χ0v) is 23.1. The van der Waals surface area contributed by atoms with Crippen LogP contribution in [0.2, 0.25) is 0 Å². The lowest BCUT2D eigenvalue weighted by atomic mass is 10.1. The highest BCUT2D eigenvalue weighted by Crippen LogP contribution is 2.26. The number of nitrogens with two attached hydrogens (primary N) is 1. The summed E-state index contributed by atoms with van der Waals surface area (Å²) in [7, 11) is -2.90. The van der Waals surface area contributed by atoms with Crippen molar-refractivity contribution in [1.29, 1.82) is 0 Å². The third-order valence-corrected chi connectivity index (χ3v) is 7.24. The van der Waals surface area contributed by atoms with E-state index >= 15 is 0 Å². The van der Waals surface area contributed by atoms with Crippen molar-refractivity contribution in [3.8, 4) is 5.75 Å². The number of sulfonamides is 1. The van der Waals surface area contributed by atoms with Crippen LogP contribution in [0, 0.1) is 13.8 Å². The van der Waals surface area contributed by atoms with E-state index in [4.69, 9.17) is 15.2 Å². The minimum absolute atomic E-state index is 0.0223. The molecule has 0 aliphatic carbocycles. The van der Waals surface area contributed by atoms with Crippen molar-refractivity contribution in [2.45, 2.75) is 44.2 Å². The monoisotopic (exact) mass is 564 g/mol. The zero-order chi connectivity index (χ0) is 28.8. The molecule has 0 saturated carbocycles. The summed E-state index contributed by atoms with van der Waals surface area (Å²) in [5.74, 6) is -0.526. The molecule has 0 bridgehead atoms. The van der Waals surface area contributed by atoms with Crippen molar-refractivity contribution in [3.05, 3.63) is 59.2 Å². The van der Waals surface area contributed by atoms with Crippen LogP contribution in [0.4, 0.5) is 4.79 Å². The number of carbonyl (C=O) groups excluding carboxylic acids is 3. The van der Waals surface area contributed by atoms with Gasteiger partial charge in [-0.25, -0.2) is 13.2 Å². The Morgan fingerprint density at radius 1 is 1.00 bits per heavy atom. The fourth-order valence-electron chi connectivity index (χ4n) is 3.65. The number of hydrogen-bond donors (Lipinski definition) is 4. The van der Waals surface area contributed by atoms with Crippen LogP contribution in [-0.4, -0.2) is 65.8 Å². The molecule has 214 valence electrons. The number of esters is 1. The Kier molecular flexibility index (Phi) is 12.7. The van der Waals surface area contributed by atoms with E-state index in [1.807, 2.05) is 30.3 Å². The van der Waals surface area contributed by atoms with Gasteiger partial charge >= 0.3 is 12.1 Å². The minimum atomic E-state index is -4.05. The molecule has 1 atom stereocenters. The highest BCUT2D eigenvalue weighted by molar-refractivity contribution is 7.89. The number of hydrogen-bond acceptors (Lipinski definition) is 9. The van der Waals surface area contributed by atoms with Crippen molar-refractivity contribution >= 4 is 28.0 Å². The summed E-state index contributed by atoms with van der Waals surface area (Å²) in [4.78, 5) is 35.5. The summed E-state index contributed by atoms with van der Waals surface area (Å²) in [5.41, 5.74) is 7.22. The van der Waals surface area contributed by atoms with E-state index in [2.05, 4.69) is 20.1 Å². The highest BCUT2D eigenvalue weighted by atomic mass is 32.2. The molecule has 2 aromatic carbocycles. The van der Waals surface area contributed by atoms with Gasteiger partial charge in [-0.2, -0.15) is 4.72 Å². The van der Waals surface area contributed by atoms with Crippen LogP contribution in [0.15, 0.2) is 47.4 Å². The smallest absolute Gasteiger partial charge is 0.407 e. The van der Waals surface area contributed by atoms with Gasteiger partial charge in [-0.15, -0.1) is 0 Å². The molecule has 1 unspecified atom stereocenters. The number of nitrogens with one attached hydrogen (secondary N) is 3. The molecule has 13 heteroatoms. The number of ether oxygens (including phenoxy) is 3. The number of carbonyl (C=O) groups is 3. The second-order valence-electron chi connectivity index (χ2n) is 8.61. The molecule has 5 N–H and O–H groups in total. The summed E-state index contributed by atoms with van der Waals surface area (Å²) in [5, 5.41) is 5.27. The predicted molar refractivity (Wildman–Crippen MR) is 143 cm³/mol. The molecule has 0 saturated heterocycles. The van der Waals surface area contributed by atoms with Gasteiger partial charge in [0.1, 0.15) is 18.4 Å². The molecule has 0 aliphatic heterocycles. The largest absolute Gasteiger partial charge is 0.494 e. The molecule has 2 aromatic rings. The van der Waals surface area contributed by atoms with Crippen LogP contribution < -0.4 is 25.8 Å². The third-order valence-electron chi connectivity index (χ3n) is 5.47. The zero-order valence-electron chi connectivity index (χ0n) is 22.3. The molecule has 0 aliphatic rings. The Morgan fingerprint density at radius 2 is 1.64 bits per heavy atom. The number of benzene rings is 2. The predicted octanol–water partition coefficient (Wildman–Crippen LogP) is 1.28. The molecule has 2 amide bonds. The first-order valence-corrected chi connectivity index (χ1v) is 13.8. The third kappa shape index (κ3) is 10.5. The summed E-state index contributed by atoms with van der Waals surface area (Å²) in [6, 6.07) is 11.2. The highest BCUT2D eigenvalue weighted by Gasteiger charge is 2.28. The van der Waals surface area contributed by atoms with Gasteiger partial charge < -0.3 is 30.6 Å². The Morgan fingerprint density at radius 3 is 2.26 bits per heavy atom. The summed E-state index contributed by atoms with van der Waals surface area (Å²) >= 11 is 0. The first kappa shape index (κ1) is 31.5. The lowest BCUT2D eigenvalue weighted by Crippen LogP contribution is -2.46. The molecule has 0 spiro atoms. The first-order chi connectivity index (χ1) is 18.6. The van der Waals surface area contributed by atoms with Crippen LogP contribution in [0.1, 0.15) is 29.5 Å². The van der Waals surface area contributed by atoms with Crippen molar-refractivity contribution in [1.82, 2.24) is 15.4 Å². The van der Waals surface area contributed by atoms with Crippen LogP contribution in [0.3, 0.4) is 0 Å². The van der Waals surface area contributed by atoms with Gasteiger partial charge in [-0.3, -0.25) is 9.59 Å². The van der Waals surface area contributed by atoms with Crippen LogP contribution in [-0.2, 0) is 35.7 Å². The SMILES string of the molecule is COC(=O)C(CN)NS(=O)(=O)c1c(C)cc(OCCCC(=O)NCCNC(=O)OCc2ccccc2)cc1C. The van der Waals surface area contributed by atoms with E-state index < -0.39 is 28.1 Å². The first-order valence-electron chi connectivity index (χ1n) is 12.3. The average molecular weight is 565 g/mol. The van der Waals surface area contributed by atoms with Crippen LogP contribution in [0.25, 0.3) is 0 Å². The molecule has 0 heterocycles. The van der Waals surface area contributed by atoms with E-state index in [0.717, 1.165) is 12.7 Å². The average Bonchev–Trinajstić information content (AvgIpc) is 2.90. The van der Waals surface area contributed by atoms with Crippen LogP contribution in [0.5, 0.6) is 5.75 Å². The fourth-order valence-corrected chi connectivity index (χ4v) is 5.30. The second kappa shape index (κ2) is 15.7. The molecule has 39 heavy (non-hydrogen) atoms. The van der Waals surface area contributed by atoms with E-state index in [1.54, 1.807) is 26.0 Å². The quantitative estimate of drug-likeness (QED) is 0.183. The Bertz CT molecular complexity index is 1200. The Labute approximate surface area is 228 Å². The van der Waals surface area contributed by atoms with Crippen molar-refractivity contribution < 1.29 is 37.0 Å². The van der Waals surface area contributed by atoms with E-state index in [1.165, 1.54) is 0 Å².